The van der Waals surface area contributed by atoms with Crippen LogP contribution in [0, 0.1) is 6.92 Å². The molecule has 1 aromatic carbocycles. The van der Waals surface area contributed by atoms with Gasteiger partial charge in [-0.3, -0.25) is 0 Å². The molecule has 0 unspecified atom stereocenters. The fourth-order valence-electron chi connectivity index (χ4n) is 0.985. The highest BCUT2D eigenvalue weighted by atomic mass is 16.4. The molecule has 0 saturated heterocycles. The number of carboxylic acids is 2. The molecule has 1 aromatic rings. The van der Waals surface area contributed by atoms with E-state index in [0.29, 0.717) is 5.56 Å². The molecule has 0 fully saturated rings. The number of unbranched alkanes of at least 4 members (excludes halogenated alkanes) is 1. The van der Waals surface area contributed by atoms with E-state index in [0.717, 1.165) is 6.07 Å². The second-order valence-electron chi connectivity index (χ2n) is 3.64. The SMILES string of the molecule is CCCC.Cc1ccc(C(=O)O)cc1C(=O)O. The predicted molar refractivity (Wildman–Crippen MR) is 65.7 cm³/mol. The molecule has 0 heterocycles. The first-order valence-corrected chi connectivity index (χ1v) is 5.51. The Morgan fingerprint density at radius 1 is 1.06 bits per heavy atom. The molecule has 0 amide bonds. The maximum absolute atomic E-state index is 10.6. The monoisotopic (exact) mass is 238 g/mol. The van der Waals surface area contributed by atoms with E-state index in [4.69, 9.17) is 10.2 Å². The normalized spacial score (nSPS) is 9.12. The number of hydrogen-bond acceptors (Lipinski definition) is 2. The van der Waals surface area contributed by atoms with E-state index in [9.17, 15) is 9.59 Å². The van der Waals surface area contributed by atoms with E-state index in [2.05, 4.69) is 13.8 Å². The molecule has 94 valence electrons. The molecule has 4 heteroatoms. The zero-order valence-electron chi connectivity index (χ0n) is 10.4. The van der Waals surface area contributed by atoms with Crippen LogP contribution in [-0.4, -0.2) is 22.2 Å². The van der Waals surface area contributed by atoms with Crippen molar-refractivity contribution in [2.75, 3.05) is 0 Å². The van der Waals surface area contributed by atoms with E-state index < -0.39 is 11.9 Å². The summed E-state index contributed by atoms with van der Waals surface area (Å²) in [6.07, 6.45) is 2.64. The summed E-state index contributed by atoms with van der Waals surface area (Å²) in [6.45, 7) is 5.98. The van der Waals surface area contributed by atoms with Crippen molar-refractivity contribution in [1.82, 2.24) is 0 Å². The zero-order valence-corrected chi connectivity index (χ0v) is 10.4. The lowest BCUT2D eigenvalue weighted by atomic mass is 10.1. The summed E-state index contributed by atoms with van der Waals surface area (Å²) in [4.78, 5) is 21.1. The van der Waals surface area contributed by atoms with E-state index in [-0.39, 0.29) is 11.1 Å². The third-order valence-corrected chi connectivity index (χ3v) is 2.21. The number of benzene rings is 1. The van der Waals surface area contributed by atoms with Crippen molar-refractivity contribution in [3.8, 4) is 0 Å². The average Bonchev–Trinajstić information content (AvgIpc) is 2.29. The van der Waals surface area contributed by atoms with Crippen molar-refractivity contribution < 1.29 is 19.8 Å². The van der Waals surface area contributed by atoms with Crippen molar-refractivity contribution in [2.24, 2.45) is 0 Å². The number of carbonyl (C=O) groups is 2. The van der Waals surface area contributed by atoms with Gasteiger partial charge in [0.1, 0.15) is 0 Å². The van der Waals surface area contributed by atoms with Gasteiger partial charge in [0, 0.05) is 0 Å². The van der Waals surface area contributed by atoms with Crippen molar-refractivity contribution in [2.45, 2.75) is 33.6 Å². The maximum atomic E-state index is 10.6. The average molecular weight is 238 g/mol. The Balaban J connectivity index is 0.000000557. The number of aryl methyl sites for hydroxylation is 1. The number of aromatic carboxylic acids is 2. The minimum absolute atomic E-state index is 0.0111. The Kier molecular flexibility index (Phi) is 6.63. The van der Waals surface area contributed by atoms with Crippen LogP contribution in [0.5, 0.6) is 0 Å². The smallest absolute Gasteiger partial charge is 0.335 e. The largest absolute Gasteiger partial charge is 0.478 e. The van der Waals surface area contributed by atoms with Gasteiger partial charge in [-0.2, -0.15) is 0 Å². The van der Waals surface area contributed by atoms with Crippen LogP contribution < -0.4 is 0 Å². The third-order valence-electron chi connectivity index (χ3n) is 2.21. The summed E-state index contributed by atoms with van der Waals surface area (Å²) >= 11 is 0. The molecule has 4 nitrogen and oxygen atoms in total. The van der Waals surface area contributed by atoms with Crippen molar-refractivity contribution >= 4 is 11.9 Å². The Morgan fingerprint density at radius 3 is 1.94 bits per heavy atom. The first-order chi connectivity index (χ1) is 7.93. The van der Waals surface area contributed by atoms with Crippen molar-refractivity contribution in [1.29, 1.82) is 0 Å². The van der Waals surface area contributed by atoms with Gasteiger partial charge >= 0.3 is 11.9 Å². The first kappa shape index (κ1) is 15.2. The quantitative estimate of drug-likeness (QED) is 0.847. The Hall–Kier alpha value is -1.84. The van der Waals surface area contributed by atoms with Gasteiger partial charge in [-0.1, -0.05) is 32.8 Å². The van der Waals surface area contributed by atoms with E-state index in [1.54, 1.807) is 6.92 Å². The van der Waals surface area contributed by atoms with Gasteiger partial charge < -0.3 is 10.2 Å². The number of hydrogen-bond donors (Lipinski definition) is 2. The second-order valence-corrected chi connectivity index (χ2v) is 3.64. The molecule has 17 heavy (non-hydrogen) atoms. The van der Waals surface area contributed by atoms with Crippen LogP contribution in [0.4, 0.5) is 0 Å². The highest BCUT2D eigenvalue weighted by Gasteiger charge is 2.10. The Morgan fingerprint density at radius 2 is 1.59 bits per heavy atom. The Labute approximate surface area is 101 Å². The molecular formula is C13H18O4. The van der Waals surface area contributed by atoms with Crippen LogP contribution in [0.15, 0.2) is 18.2 Å². The van der Waals surface area contributed by atoms with Crippen LogP contribution in [0.25, 0.3) is 0 Å². The molecule has 0 aromatic heterocycles. The van der Waals surface area contributed by atoms with Gasteiger partial charge in [0.05, 0.1) is 11.1 Å². The summed E-state index contributed by atoms with van der Waals surface area (Å²) in [5, 5.41) is 17.3. The second kappa shape index (κ2) is 7.44. The summed E-state index contributed by atoms with van der Waals surface area (Å²) < 4.78 is 0. The molecule has 0 aliphatic carbocycles. The molecule has 0 bridgehead atoms. The predicted octanol–water partition coefficient (Wildman–Crippen LogP) is 3.20. The molecule has 0 saturated carbocycles. The van der Waals surface area contributed by atoms with Crippen LogP contribution >= 0.6 is 0 Å². The summed E-state index contributed by atoms with van der Waals surface area (Å²) in [6, 6.07) is 4.01. The third kappa shape index (κ3) is 5.15. The van der Waals surface area contributed by atoms with Crippen LogP contribution in [0.1, 0.15) is 53.0 Å². The lowest BCUT2D eigenvalue weighted by molar-refractivity contribution is 0.0695. The summed E-state index contributed by atoms with van der Waals surface area (Å²) in [5.41, 5.74) is 0.570. The summed E-state index contributed by atoms with van der Waals surface area (Å²) in [7, 11) is 0. The molecule has 2 N–H and O–H groups in total. The van der Waals surface area contributed by atoms with E-state index in [1.165, 1.54) is 25.0 Å². The maximum Gasteiger partial charge on any atom is 0.335 e. The van der Waals surface area contributed by atoms with Crippen LogP contribution in [0.3, 0.4) is 0 Å². The minimum Gasteiger partial charge on any atom is -0.478 e. The van der Waals surface area contributed by atoms with Crippen molar-refractivity contribution in [3.05, 3.63) is 34.9 Å². The molecule has 0 spiro atoms. The van der Waals surface area contributed by atoms with Gasteiger partial charge in [-0.05, 0) is 24.6 Å². The molecule has 0 aliphatic heterocycles. The van der Waals surface area contributed by atoms with Gasteiger partial charge in [0.2, 0.25) is 0 Å². The molecule has 0 radical (unpaired) electrons. The topological polar surface area (TPSA) is 74.6 Å². The molecular weight excluding hydrogens is 220 g/mol. The molecule has 1 rings (SSSR count). The number of carboxylic acid groups (broad SMARTS) is 2. The van der Waals surface area contributed by atoms with E-state index in [1.807, 2.05) is 0 Å². The summed E-state index contributed by atoms with van der Waals surface area (Å²) in [5.74, 6) is -2.23. The van der Waals surface area contributed by atoms with Gasteiger partial charge in [-0.15, -0.1) is 0 Å². The number of rotatable bonds is 3. The molecule has 0 aliphatic rings. The fraction of sp³-hybridized carbons (Fsp3) is 0.385. The van der Waals surface area contributed by atoms with Gasteiger partial charge in [-0.25, -0.2) is 9.59 Å². The van der Waals surface area contributed by atoms with E-state index >= 15 is 0 Å². The fourth-order valence-corrected chi connectivity index (χ4v) is 0.985. The van der Waals surface area contributed by atoms with Gasteiger partial charge in [0.15, 0.2) is 0 Å². The standard InChI is InChI=1S/C9H8O4.C4H10/c1-5-2-3-6(8(10)11)4-7(5)9(12)13;1-3-4-2/h2-4H,1H3,(H,10,11)(H,12,13);3-4H2,1-2H3. The minimum atomic E-state index is -1.12. The Bertz CT molecular complexity index is 394. The highest BCUT2D eigenvalue weighted by Crippen LogP contribution is 2.11. The van der Waals surface area contributed by atoms with Crippen LogP contribution in [-0.2, 0) is 0 Å². The lowest BCUT2D eigenvalue weighted by Crippen LogP contribution is -2.03. The van der Waals surface area contributed by atoms with Crippen molar-refractivity contribution in [3.63, 3.8) is 0 Å². The van der Waals surface area contributed by atoms with Gasteiger partial charge in [0.25, 0.3) is 0 Å². The first-order valence-electron chi connectivity index (χ1n) is 5.51. The zero-order chi connectivity index (χ0) is 13.4. The highest BCUT2D eigenvalue weighted by molar-refractivity contribution is 5.94. The molecule has 0 atom stereocenters. The lowest BCUT2D eigenvalue weighted by Gasteiger charge is -2.01. The van der Waals surface area contributed by atoms with Crippen LogP contribution in [0.2, 0.25) is 0 Å².